The number of nitrogens with zero attached hydrogens (tertiary/aromatic N) is 1. The zero-order valence-electron chi connectivity index (χ0n) is 19.5. The van der Waals surface area contributed by atoms with E-state index >= 15 is 0 Å². The van der Waals surface area contributed by atoms with Crippen LogP contribution in [0.15, 0.2) is 65.6 Å². The summed E-state index contributed by atoms with van der Waals surface area (Å²) in [5.41, 5.74) is 2.08. The molecule has 35 heavy (non-hydrogen) atoms. The van der Waals surface area contributed by atoms with Crippen molar-refractivity contribution in [1.29, 1.82) is 0 Å². The lowest BCUT2D eigenvalue weighted by molar-refractivity contribution is -0.156. The molecule has 0 aromatic heterocycles. The van der Waals surface area contributed by atoms with Crippen LogP contribution < -0.4 is 5.32 Å². The molecule has 4 rings (SSSR count). The molecule has 4 atom stereocenters. The average molecular weight is 515 g/mol. The quantitative estimate of drug-likeness (QED) is 0.499. The monoisotopic (exact) mass is 514 g/mol. The van der Waals surface area contributed by atoms with Crippen LogP contribution in [0.1, 0.15) is 36.4 Å². The van der Waals surface area contributed by atoms with Crippen LogP contribution >= 0.6 is 23.4 Å². The first-order valence-corrected chi connectivity index (χ1v) is 13.4. The summed E-state index contributed by atoms with van der Waals surface area (Å²) in [7, 11) is 0. The fourth-order valence-corrected chi connectivity index (χ4v) is 6.01. The zero-order valence-corrected chi connectivity index (χ0v) is 21.0. The van der Waals surface area contributed by atoms with Crippen molar-refractivity contribution in [3.63, 3.8) is 0 Å². The molecular weight excluding hydrogens is 484 g/mol. The van der Waals surface area contributed by atoms with Gasteiger partial charge in [0, 0.05) is 28.8 Å². The maximum absolute atomic E-state index is 13.0. The van der Waals surface area contributed by atoms with Crippen LogP contribution in [0.5, 0.6) is 0 Å². The van der Waals surface area contributed by atoms with Gasteiger partial charge in [0.15, 0.2) is 12.2 Å². The van der Waals surface area contributed by atoms with Crippen LogP contribution in [0.2, 0.25) is 5.02 Å². The van der Waals surface area contributed by atoms with Crippen molar-refractivity contribution >= 4 is 35.2 Å². The lowest BCUT2D eigenvalue weighted by atomic mass is 9.94. The Morgan fingerprint density at radius 1 is 1.06 bits per heavy atom. The average Bonchev–Trinajstić information content (AvgIpc) is 3.35. The number of piperidine rings is 1. The molecule has 0 aliphatic carbocycles. The zero-order chi connectivity index (χ0) is 24.8. The molecule has 0 saturated carbocycles. The number of benzene rings is 2. The number of hydrogen-bond donors (Lipinski definition) is 3. The maximum Gasteiger partial charge on any atom is 0.255 e. The van der Waals surface area contributed by atoms with Crippen LogP contribution in [0.3, 0.4) is 0 Å². The van der Waals surface area contributed by atoms with Crippen molar-refractivity contribution in [3.8, 4) is 0 Å². The predicted molar refractivity (Wildman–Crippen MR) is 139 cm³/mol. The molecule has 2 aromatic carbocycles. The van der Waals surface area contributed by atoms with Crippen molar-refractivity contribution in [2.75, 3.05) is 18.8 Å². The molecule has 2 aromatic rings. The summed E-state index contributed by atoms with van der Waals surface area (Å²) in [4.78, 5) is 28.2. The Kier molecular flexibility index (Phi) is 8.89. The maximum atomic E-state index is 13.0. The van der Waals surface area contributed by atoms with Crippen molar-refractivity contribution in [2.24, 2.45) is 5.92 Å². The van der Waals surface area contributed by atoms with Gasteiger partial charge in [-0.2, -0.15) is 0 Å². The highest BCUT2D eigenvalue weighted by atomic mass is 35.5. The minimum atomic E-state index is -1.83. The van der Waals surface area contributed by atoms with Gasteiger partial charge in [-0.15, -0.1) is 11.8 Å². The van der Waals surface area contributed by atoms with Gasteiger partial charge in [-0.1, -0.05) is 66.2 Å². The van der Waals surface area contributed by atoms with Crippen LogP contribution in [0, 0.1) is 5.92 Å². The summed E-state index contributed by atoms with van der Waals surface area (Å²) < 4.78 is 0. The van der Waals surface area contributed by atoms with Gasteiger partial charge in [0.2, 0.25) is 0 Å². The second-order valence-corrected chi connectivity index (χ2v) is 10.6. The van der Waals surface area contributed by atoms with Crippen LogP contribution in [-0.2, 0) is 16.0 Å². The number of carbonyl (C=O) groups is 2. The van der Waals surface area contributed by atoms with E-state index in [4.69, 9.17) is 11.6 Å². The Hall–Kier alpha value is -2.32. The van der Waals surface area contributed by atoms with Crippen LogP contribution in [0.4, 0.5) is 0 Å². The Morgan fingerprint density at radius 2 is 1.80 bits per heavy atom. The molecule has 1 fully saturated rings. The topological polar surface area (TPSA) is 89.9 Å². The SMILES string of the molecule is O=C(NCC1=CC(Cc2ccccc2Cl)CS1)[C@H](O)[C@@H](O)C(=O)N1CCCCC1c1ccccc1. The highest BCUT2D eigenvalue weighted by Crippen LogP contribution is 2.33. The number of thioether (sulfide) groups is 1. The van der Waals surface area contributed by atoms with Crippen molar-refractivity contribution in [1.82, 2.24) is 10.2 Å². The van der Waals surface area contributed by atoms with E-state index < -0.39 is 24.0 Å². The molecule has 0 spiro atoms. The number of carbonyl (C=O) groups excluding carboxylic acids is 2. The molecular formula is C27H31ClN2O4S. The number of aliphatic hydroxyl groups excluding tert-OH is 2. The number of hydrogen-bond acceptors (Lipinski definition) is 5. The number of rotatable bonds is 8. The van der Waals surface area contributed by atoms with E-state index in [2.05, 4.69) is 11.4 Å². The molecule has 0 bridgehead atoms. The number of nitrogens with one attached hydrogen (secondary N) is 1. The molecule has 2 aliphatic rings. The van der Waals surface area contributed by atoms with E-state index in [-0.39, 0.29) is 12.6 Å². The lowest BCUT2D eigenvalue weighted by Gasteiger charge is -2.37. The normalized spacial score (nSPS) is 21.8. The van der Waals surface area contributed by atoms with Crippen molar-refractivity contribution in [3.05, 3.63) is 81.7 Å². The fraction of sp³-hybridized carbons (Fsp3) is 0.407. The molecule has 2 amide bonds. The van der Waals surface area contributed by atoms with E-state index in [1.165, 1.54) is 0 Å². The van der Waals surface area contributed by atoms with E-state index in [1.54, 1.807) is 16.7 Å². The van der Waals surface area contributed by atoms with Crippen LogP contribution in [0.25, 0.3) is 0 Å². The van der Waals surface area contributed by atoms with Gasteiger partial charge in [-0.3, -0.25) is 9.59 Å². The molecule has 186 valence electrons. The molecule has 1 saturated heterocycles. The molecule has 3 N–H and O–H groups in total. The summed E-state index contributed by atoms with van der Waals surface area (Å²) in [5, 5.41) is 24.4. The second kappa shape index (κ2) is 12.1. The molecule has 8 heteroatoms. The number of halogens is 1. The molecule has 2 unspecified atom stereocenters. The minimum absolute atomic E-state index is 0.169. The Labute approximate surface area is 215 Å². The summed E-state index contributed by atoms with van der Waals surface area (Å²) in [6.45, 7) is 0.733. The molecule has 2 heterocycles. The van der Waals surface area contributed by atoms with Gasteiger partial charge in [-0.25, -0.2) is 0 Å². The highest BCUT2D eigenvalue weighted by Gasteiger charge is 2.37. The third-order valence-electron chi connectivity index (χ3n) is 6.57. The first-order chi connectivity index (χ1) is 16.9. The summed E-state index contributed by atoms with van der Waals surface area (Å²) in [6.07, 6.45) is 1.88. The van der Waals surface area contributed by atoms with Gasteiger partial charge >= 0.3 is 0 Å². The van der Waals surface area contributed by atoms with Crippen molar-refractivity contribution < 1.29 is 19.8 Å². The van der Waals surface area contributed by atoms with E-state index in [1.807, 2.05) is 54.6 Å². The minimum Gasteiger partial charge on any atom is -0.380 e. The van der Waals surface area contributed by atoms with Gasteiger partial charge < -0.3 is 20.4 Å². The third-order valence-corrected chi connectivity index (χ3v) is 8.19. The predicted octanol–water partition coefficient (Wildman–Crippen LogP) is 3.72. The van der Waals surface area contributed by atoms with Gasteiger partial charge in [-0.05, 0) is 48.8 Å². The third kappa shape index (κ3) is 6.47. The van der Waals surface area contributed by atoms with E-state index in [0.717, 1.165) is 52.5 Å². The standard InChI is InChI=1S/C27H31ClN2O4S/c28-22-11-5-4-10-20(22)14-18-15-21(35-17-18)16-29-26(33)24(31)25(32)27(34)30-13-7-6-12-23(30)19-8-2-1-3-9-19/h1-5,8-11,15,18,23-25,31-32H,6-7,12-14,16-17H2,(H,29,33)/t18?,23?,24-,25-/m1/s1. The Bertz CT molecular complexity index is 1060. The number of allylic oxidation sites excluding steroid dienone is 1. The van der Waals surface area contributed by atoms with Gasteiger partial charge in [0.05, 0.1) is 6.04 Å². The number of aliphatic hydroxyl groups is 2. The first-order valence-electron chi connectivity index (χ1n) is 12.0. The summed E-state index contributed by atoms with van der Waals surface area (Å²) in [6, 6.07) is 17.3. The van der Waals surface area contributed by atoms with Crippen molar-refractivity contribution in [2.45, 2.75) is 43.9 Å². The number of likely N-dealkylation sites (tertiary alicyclic amines) is 1. The fourth-order valence-electron chi connectivity index (χ4n) is 4.69. The summed E-state index contributed by atoms with van der Waals surface area (Å²) in [5.74, 6) is -0.181. The smallest absolute Gasteiger partial charge is 0.255 e. The molecule has 0 radical (unpaired) electrons. The van der Waals surface area contributed by atoms with Crippen LogP contribution in [-0.4, -0.2) is 58.0 Å². The Morgan fingerprint density at radius 3 is 2.57 bits per heavy atom. The number of amides is 2. The van der Waals surface area contributed by atoms with Gasteiger partial charge in [0.1, 0.15) is 0 Å². The molecule has 6 nitrogen and oxygen atoms in total. The molecule has 2 aliphatic heterocycles. The summed E-state index contributed by atoms with van der Waals surface area (Å²) >= 11 is 7.91. The van der Waals surface area contributed by atoms with E-state index in [9.17, 15) is 19.8 Å². The first kappa shape index (κ1) is 25.8. The highest BCUT2D eigenvalue weighted by molar-refractivity contribution is 8.03. The lowest BCUT2D eigenvalue weighted by Crippen LogP contribution is -2.52. The van der Waals surface area contributed by atoms with E-state index in [0.29, 0.717) is 12.5 Å². The Balaban J connectivity index is 1.31. The largest absolute Gasteiger partial charge is 0.380 e. The second-order valence-electron chi connectivity index (χ2n) is 9.06. The van der Waals surface area contributed by atoms with Gasteiger partial charge in [0.25, 0.3) is 11.8 Å².